The molecule has 19 heavy (non-hydrogen) atoms. The summed E-state index contributed by atoms with van der Waals surface area (Å²) in [7, 11) is 0. The van der Waals surface area contributed by atoms with Crippen molar-refractivity contribution in [1.29, 1.82) is 0 Å². The predicted octanol–water partition coefficient (Wildman–Crippen LogP) is 6.09. The van der Waals surface area contributed by atoms with Gasteiger partial charge in [0.15, 0.2) is 0 Å². The zero-order chi connectivity index (χ0) is 14.2. The summed E-state index contributed by atoms with van der Waals surface area (Å²) in [5.41, 5.74) is 0. The first-order valence-corrected chi connectivity index (χ1v) is 8.51. The van der Waals surface area contributed by atoms with Crippen LogP contribution in [0.3, 0.4) is 0 Å². The lowest BCUT2D eigenvalue weighted by Gasteiger charge is -2.03. The molecule has 2 N–H and O–H groups in total. The molecule has 0 unspecified atom stereocenters. The van der Waals surface area contributed by atoms with Gasteiger partial charge in [-0.15, -0.1) is 0 Å². The van der Waals surface area contributed by atoms with Gasteiger partial charge in [-0.3, -0.25) is 0 Å². The van der Waals surface area contributed by atoms with Crippen molar-refractivity contribution in [3.63, 3.8) is 0 Å². The Balaban J connectivity index is 2.91. The second-order valence-corrected chi connectivity index (χ2v) is 5.76. The highest BCUT2D eigenvalue weighted by Gasteiger charge is 1.98. The monoisotopic (exact) mass is 271 g/mol. The molecule has 0 aromatic carbocycles. The summed E-state index contributed by atoms with van der Waals surface area (Å²) in [4.78, 5) is 0. The van der Waals surface area contributed by atoms with Gasteiger partial charge in [0, 0.05) is 6.42 Å². The largest absolute Gasteiger partial charge is 0.361 e. The maximum atomic E-state index is 8.62. The molecule has 1 radical (unpaired) electrons. The zero-order valence-corrected chi connectivity index (χ0v) is 13.0. The number of aliphatic hydroxyl groups excluding tert-OH is 1. The molecule has 0 saturated carbocycles. The first kappa shape index (κ1) is 18.9. The molecule has 0 heterocycles. The van der Waals surface area contributed by atoms with Gasteiger partial charge in [0.25, 0.3) is 0 Å². The van der Waals surface area contributed by atoms with Gasteiger partial charge in [0.05, 0.1) is 0 Å². The summed E-state index contributed by atoms with van der Waals surface area (Å²) in [5.74, 6) is 0. The third-order valence-corrected chi connectivity index (χ3v) is 3.75. The number of rotatable bonds is 15. The van der Waals surface area contributed by atoms with Crippen molar-refractivity contribution < 1.29 is 10.2 Å². The van der Waals surface area contributed by atoms with Gasteiger partial charge < -0.3 is 10.2 Å². The minimum absolute atomic E-state index is 0.404. The molecular weight excluding hydrogens is 236 g/mol. The highest BCUT2D eigenvalue weighted by atomic mass is 16.5. The van der Waals surface area contributed by atoms with Gasteiger partial charge in [0.2, 0.25) is 6.29 Å². The van der Waals surface area contributed by atoms with Crippen molar-refractivity contribution in [3.8, 4) is 0 Å². The van der Waals surface area contributed by atoms with E-state index >= 15 is 0 Å². The van der Waals surface area contributed by atoms with Crippen LogP contribution >= 0.6 is 0 Å². The molecule has 0 fully saturated rings. The van der Waals surface area contributed by atoms with Crippen molar-refractivity contribution in [2.24, 2.45) is 0 Å². The Morgan fingerprint density at radius 3 is 1.16 bits per heavy atom. The van der Waals surface area contributed by atoms with E-state index < -0.39 is 6.29 Å². The van der Waals surface area contributed by atoms with Crippen LogP contribution in [0.15, 0.2) is 0 Å². The Labute approximate surface area is 120 Å². The molecule has 0 aliphatic heterocycles. The van der Waals surface area contributed by atoms with Crippen LogP contribution in [0.4, 0.5) is 0 Å². The second kappa shape index (κ2) is 16.0. The maximum absolute atomic E-state index is 8.62. The summed E-state index contributed by atoms with van der Waals surface area (Å²) in [6, 6.07) is 0. The molecular formula is C17H35O2. The molecule has 2 heteroatoms. The smallest absolute Gasteiger partial charge is 0.218 e. The molecule has 0 aliphatic rings. The Bertz CT molecular complexity index is 157. The summed E-state index contributed by atoms with van der Waals surface area (Å²) in [6.07, 6.45) is 18.7. The Hall–Kier alpha value is -0.0800. The fraction of sp³-hybridized carbons (Fsp3) is 0.941. The fourth-order valence-corrected chi connectivity index (χ4v) is 2.48. The topological polar surface area (TPSA) is 40.5 Å². The van der Waals surface area contributed by atoms with Crippen LogP contribution in [0.25, 0.3) is 0 Å². The van der Waals surface area contributed by atoms with Gasteiger partial charge in [-0.2, -0.15) is 0 Å². The molecule has 0 aromatic rings. The van der Waals surface area contributed by atoms with Gasteiger partial charge in [-0.1, -0.05) is 90.4 Å². The molecule has 115 valence electrons. The number of aliphatic hydroxyl groups is 2. The van der Waals surface area contributed by atoms with Crippen molar-refractivity contribution >= 4 is 0 Å². The van der Waals surface area contributed by atoms with E-state index in [4.69, 9.17) is 10.2 Å². The van der Waals surface area contributed by atoms with E-state index in [-0.39, 0.29) is 0 Å². The van der Waals surface area contributed by atoms with Gasteiger partial charge in [-0.05, 0) is 6.42 Å². The van der Waals surface area contributed by atoms with E-state index in [9.17, 15) is 0 Å². The van der Waals surface area contributed by atoms with E-state index in [0.717, 1.165) is 12.8 Å². The third-order valence-electron chi connectivity index (χ3n) is 3.75. The minimum atomic E-state index is -0.404. The average molecular weight is 271 g/mol. The Morgan fingerprint density at radius 1 is 0.526 bits per heavy atom. The maximum Gasteiger partial charge on any atom is 0.218 e. The highest BCUT2D eigenvalue weighted by molar-refractivity contribution is 4.57. The summed E-state index contributed by atoms with van der Waals surface area (Å²) < 4.78 is 0. The van der Waals surface area contributed by atoms with Crippen molar-refractivity contribution in [1.82, 2.24) is 0 Å². The van der Waals surface area contributed by atoms with Crippen molar-refractivity contribution in [3.05, 3.63) is 6.29 Å². The number of hydrogen-bond donors (Lipinski definition) is 2. The molecule has 2 nitrogen and oxygen atoms in total. The van der Waals surface area contributed by atoms with Gasteiger partial charge in [0.1, 0.15) is 0 Å². The SMILES string of the molecule is CCCCCCCCCCCCCCCC[C](O)O. The first-order chi connectivity index (χ1) is 9.27. The molecule has 0 amide bonds. The average Bonchev–Trinajstić information content (AvgIpc) is 2.39. The molecule has 0 aliphatic carbocycles. The molecule has 0 saturated heterocycles. The highest BCUT2D eigenvalue weighted by Crippen LogP contribution is 2.14. The number of unbranched alkanes of at least 4 members (excludes halogenated alkanes) is 13. The fourth-order valence-electron chi connectivity index (χ4n) is 2.48. The molecule has 0 rings (SSSR count). The van der Waals surface area contributed by atoms with Crippen LogP contribution in [0.5, 0.6) is 0 Å². The van der Waals surface area contributed by atoms with E-state index in [0.29, 0.717) is 6.42 Å². The summed E-state index contributed by atoms with van der Waals surface area (Å²) >= 11 is 0. The van der Waals surface area contributed by atoms with Crippen LogP contribution < -0.4 is 0 Å². The lowest BCUT2D eigenvalue weighted by atomic mass is 10.0. The number of hydrogen-bond acceptors (Lipinski definition) is 2. The van der Waals surface area contributed by atoms with Crippen LogP contribution in [0.2, 0.25) is 0 Å². The predicted molar refractivity (Wildman–Crippen MR) is 82.0 cm³/mol. The lowest BCUT2D eigenvalue weighted by Crippen LogP contribution is -1.92. The van der Waals surface area contributed by atoms with Crippen LogP contribution in [0, 0.1) is 6.29 Å². The molecule has 0 bridgehead atoms. The van der Waals surface area contributed by atoms with E-state index in [1.165, 1.54) is 77.0 Å². The van der Waals surface area contributed by atoms with Crippen molar-refractivity contribution in [2.75, 3.05) is 0 Å². The third kappa shape index (κ3) is 17.9. The molecule has 0 aromatic heterocycles. The van der Waals surface area contributed by atoms with Gasteiger partial charge >= 0.3 is 0 Å². The standard InChI is InChI=1S/C17H35O2/c1-2-3-4-5-6-7-8-9-10-11-12-13-14-15-16-17(18)19/h18-19H,2-16H2,1H3. The Morgan fingerprint density at radius 2 is 0.842 bits per heavy atom. The van der Waals surface area contributed by atoms with Crippen LogP contribution in [-0.2, 0) is 0 Å². The van der Waals surface area contributed by atoms with E-state index in [1.807, 2.05) is 0 Å². The van der Waals surface area contributed by atoms with Crippen molar-refractivity contribution in [2.45, 2.75) is 103 Å². The van der Waals surface area contributed by atoms with E-state index in [2.05, 4.69) is 6.92 Å². The van der Waals surface area contributed by atoms with Crippen LogP contribution in [-0.4, -0.2) is 10.2 Å². The van der Waals surface area contributed by atoms with E-state index in [1.54, 1.807) is 0 Å². The van der Waals surface area contributed by atoms with Gasteiger partial charge in [-0.25, -0.2) is 0 Å². The minimum Gasteiger partial charge on any atom is -0.361 e. The lowest BCUT2D eigenvalue weighted by molar-refractivity contribution is 0.0704. The normalized spacial score (nSPS) is 11.4. The van der Waals surface area contributed by atoms with Crippen LogP contribution in [0.1, 0.15) is 103 Å². The quantitative estimate of drug-likeness (QED) is 0.354. The first-order valence-electron chi connectivity index (χ1n) is 8.51. The molecule has 0 atom stereocenters. The second-order valence-electron chi connectivity index (χ2n) is 5.76. The molecule has 0 spiro atoms. The summed E-state index contributed by atoms with van der Waals surface area (Å²) in [6.45, 7) is 2.27. The zero-order valence-electron chi connectivity index (χ0n) is 13.0. The summed E-state index contributed by atoms with van der Waals surface area (Å²) in [5, 5.41) is 17.2. The Kier molecular flexibility index (Phi) is 15.9.